The number of piperidine rings is 1. The average Bonchev–Trinajstić information content (AvgIpc) is 2.83. The summed E-state index contributed by atoms with van der Waals surface area (Å²) in [6, 6.07) is 1.81. The number of carbonyl (C=O) groups excluding carboxylic acids is 1. The Balaban J connectivity index is 2.10. The summed E-state index contributed by atoms with van der Waals surface area (Å²) in [5.74, 6) is 0.742. The fraction of sp³-hybridized carbons (Fsp3) is 0.615. The van der Waals surface area contributed by atoms with Crippen LogP contribution in [-0.2, 0) is 4.74 Å². The van der Waals surface area contributed by atoms with Crippen molar-refractivity contribution >= 4 is 5.91 Å². The molecule has 0 bridgehead atoms. The Morgan fingerprint density at radius 3 is 3.00 bits per heavy atom. The molecular formula is C13H20N2O3. The van der Waals surface area contributed by atoms with Gasteiger partial charge in [-0.2, -0.15) is 0 Å². The van der Waals surface area contributed by atoms with Gasteiger partial charge in [0, 0.05) is 26.2 Å². The van der Waals surface area contributed by atoms with Gasteiger partial charge >= 0.3 is 0 Å². The molecule has 0 aliphatic carbocycles. The minimum absolute atomic E-state index is 0.00291. The zero-order valence-electron chi connectivity index (χ0n) is 10.9. The Morgan fingerprint density at radius 1 is 1.67 bits per heavy atom. The van der Waals surface area contributed by atoms with E-state index >= 15 is 0 Å². The van der Waals surface area contributed by atoms with Crippen LogP contribution in [0, 0.1) is 6.92 Å². The van der Waals surface area contributed by atoms with Crippen LogP contribution in [-0.4, -0.2) is 43.2 Å². The minimum Gasteiger partial charge on any atom is -0.469 e. The molecule has 5 heteroatoms. The van der Waals surface area contributed by atoms with Crippen molar-refractivity contribution in [1.82, 2.24) is 4.90 Å². The van der Waals surface area contributed by atoms with Crippen LogP contribution >= 0.6 is 0 Å². The quantitative estimate of drug-likeness (QED) is 0.876. The van der Waals surface area contributed by atoms with Gasteiger partial charge in [0.15, 0.2) is 0 Å². The second-order valence-corrected chi connectivity index (χ2v) is 4.72. The van der Waals surface area contributed by atoms with Gasteiger partial charge in [-0.3, -0.25) is 4.79 Å². The van der Waals surface area contributed by atoms with Gasteiger partial charge in [-0.1, -0.05) is 0 Å². The Morgan fingerprint density at radius 2 is 2.44 bits per heavy atom. The molecule has 2 rings (SSSR count). The molecule has 0 saturated carbocycles. The molecule has 2 unspecified atom stereocenters. The van der Waals surface area contributed by atoms with Gasteiger partial charge < -0.3 is 19.8 Å². The fourth-order valence-corrected chi connectivity index (χ4v) is 2.44. The lowest BCUT2D eigenvalue weighted by Crippen LogP contribution is -2.51. The SMILES string of the molecule is COC1CCN(C(=O)c2coc(C)c2)C(CN)C1. The van der Waals surface area contributed by atoms with E-state index in [2.05, 4.69) is 0 Å². The smallest absolute Gasteiger partial charge is 0.257 e. The number of hydrogen-bond acceptors (Lipinski definition) is 4. The van der Waals surface area contributed by atoms with Crippen LogP contribution in [0.1, 0.15) is 29.0 Å². The number of amides is 1. The number of ether oxygens (including phenoxy) is 1. The van der Waals surface area contributed by atoms with Gasteiger partial charge in [-0.15, -0.1) is 0 Å². The molecule has 1 fully saturated rings. The summed E-state index contributed by atoms with van der Waals surface area (Å²) in [5.41, 5.74) is 6.36. The summed E-state index contributed by atoms with van der Waals surface area (Å²) < 4.78 is 10.5. The van der Waals surface area contributed by atoms with Crippen LogP contribution in [0.5, 0.6) is 0 Å². The monoisotopic (exact) mass is 252 g/mol. The van der Waals surface area contributed by atoms with Gasteiger partial charge in [0.05, 0.1) is 11.7 Å². The van der Waals surface area contributed by atoms with Crippen molar-refractivity contribution in [3.8, 4) is 0 Å². The second kappa shape index (κ2) is 5.54. The van der Waals surface area contributed by atoms with Crippen molar-refractivity contribution in [2.24, 2.45) is 5.73 Å². The van der Waals surface area contributed by atoms with Crippen LogP contribution in [0.25, 0.3) is 0 Å². The number of nitrogens with zero attached hydrogens (tertiary/aromatic N) is 1. The maximum Gasteiger partial charge on any atom is 0.257 e. The number of furan rings is 1. The highest BCUT2D eigenvalue weighted by Gasteiger charge is 2.31. The highest BCUT2D eigenvalue weighted by atomic mass is 16.5. The van der Waals surface area contributed by atoms with E-state index in [0.29, 0.717) is 18.7 Å². The average molecular weight is 252 g/mol. The van der Waals surface area contributed by atoms with Crippen molar-refractivity contribution in [1.29, 1.82) is 0 Å². The summed E-state index contributed by atoms with van der Waals surface area (Å²) in [6.45, 7) is 2.97. The first-order valence-electron chi connectivity index (χ1n) is 6.24. The Bertz CT molecular complexity index is 416. The maximum absolute atomic E-state index is 12.3. The van der Waals surface area contributed by atoms with Gasteiger partial charge in [0.1, 0.15) is 12.0 Å². The van der Waals surface area contributed by atoms with E-state index in [0.717, 1.165) is 18.6 Å². The maximum atomic E-state index is 12.3. The van der Waals surface area contributed by atoms with E-state index in [4.69, 9.17) is 14.9 Å². The van der Waals surface area contributed by atoms with Crippen LogP contribution in [0.2, 0.25) is 0 Å². The molecular weight excluding hydrogens is 232 g/mol. The zero-order valence-corrected chi connectivity index (χ0v) is 10.9. The summed E-state index contributed by atoms with van der Waals surface area (Å²) in [7, 11) is 1.70. The first-order valence-corrected chi connectivity index (χ1v) is 6.24. The van der Waals surface area contributed by atoms with E-state index < -0.39 is 0 Å². The molecule has 2 heterocycles. The predicted molar refractivity (Wildman–Crippen MR) is 67.4 cm³/mol. The summed E-state index contributed by atoms with van der Waals surface area (Å²) in [5, 5.41) is 0. The molecule has 1 aliphatic heterocycles. The second-order valence-electron chi connectivity index (χ2n) is 4.72. The highest BCUT2D eigenvalue weighted by Crippen LogP contribution is 2.22. The lowest BCUT2D eigenvalue weighted by atomic mass is 9.98. The fourth-order valence-electron chi connectivity index (χ4n) is 2.44. The van der Waals surface area contributed by atoms with E-state index in [9.17, 15) is 4.79 Å². The van der Waals surface area contributed by atoms with Crippen molar-refractivity contribution in [3.05, 3.63) is 23.7 Å². The molecule has 1 aromatic heterocycles. The highest BCUT2D eigenvalue weighted by molar-refractivity contribution is 5.94. The molecule has 0 spiro atoms. The molecule has 5 nitrogen and oxygen atoms in total. The molecule has 18 heavy (non-hydrogen) atoms. The van der Waals surface area contributed by atoms with Gasteiger partial charge in [0.2, 0.25) is 0 Å². The van der Waals surface area contributed by atoms with Crippen LogP contribution in [0.4, 0.5) is 0 Å². The first kappa shape index (κ1) is 13.1. The van der Waals surface area contributed by atoms with Gasteiger partial charge in [-0.25, -0.2) is 0 Å². The topological polar surface area (TPSA) is 68.7 Å². The van der Waals surface area contributed by atoms with E-state index in [1.165, 1.54) is 6.26 Å². The normalized spacial score (nSPS) is 24.3. The standard InChI is InChI=1S/C13H20N2O3/c1-9-5-10(8-18-9)13(16)15-4-3-12(17-2)6-11(15)7-14/h5,8,11-12H,3-4,6-7,14H2,1-2H3. The third-order valence-electron chi connectivity index (χ3n) is 3.51. The lowest BCUT2D eigenvalue weighted by molar-refractivity contribution is 0.0139. The Kier molecular flexibility index (Phi) is 4.04. The number of likely N-dealkylation sites (tertiary alicyclic amines) is 1. The molecule has 1 amide bonds. The number of rotatable bonds is 3. The molecule has 100 valence electrons. The summed E-state index contributed by atoms with van der Waals surface area (Å²) in [6.07, 6.45) is 3.37. The van der Waals surface area contributed by atoms with Gasteiger partial charge in [0.25, 0.3) is 5.91 Å². The number of carbonyl (C=O) groups is 1. The number of hydrogen-bond donors (Lipinski definition) is 1. The minimum atomic E-state index is -0.00291. The summed E-state index contributed by atoms with van der Waals surface area (Å²) in [4.78, 5) is 14.2. The van der Waals surface area contributed by atoms with Crippen molar-refractivity contribution < 1.29 is 13.9 Å². The molecule has 1 aliphatic rings. The van der Waals surface area contributed by atoms with Crippen molar-refractivity contribution in [3.63, 3.8) is 0 Å². The van der Waals surface area contributed by atoms with Crippen LogP contribution in [0.15, 0.2) is 16.7 Å². The first-order chi connectivity index (χ1) is 8.65. The molecule has 2 N–H and O–H groups in total. The Labute approximate surface area is 107 Å². The lowest BCUT2D eigenvalue weighted by Gasteiger charge is -2.38. The third kappa shape index (κ3) is 2.57. The molecule has 0 aromatic carbocycles. The molecule has 1 saturated heterocycles. The molecule has 1 aromatic rings. The Hall–Kier alpha value is -1.33. The predicted octanol–water partition coefficient (Wildman–Crippen LogP) is 1.17. The molecule has 0 radical (unpaired) electrons. The van der Waals surface area contributed by atoms with Crippen LogP contribution in [0.3, 0.4) is 0 Å². The van der Waals surface area contributed by atoms with Crippen molar-refractivity contribution in [2.45, 2.75) is 31.9 Å². The molecule has 2 atom stereocenters. The number of methoxy groups -OCH3 is 1. The third-order valence-corrected chi connectivity index (χ3v) is 3.51. The largest absolute Gasteiger partial charge is 0.469 e. The van der Waals surface area contributed by atoms with E-state index in [1.807, 2.05) is 11.8 Å². The van der Waals surface area contributed by atoms with Gasteiger partial charge in [-0.05, 0) is 25.8 Å². The van der Waals surface area contributed by atoms with Crippen LogP contribution < -0.4 is 5.73 Å². The summed E-state index contributed by atoms with van der Waals surface area (Å²) >= 11 is 0. The zero-order chi connectivity index (χ0) is 13.1. The number of nitrogens with two attached hydrogens (primary N) is 1. The number of aryl methyl sites for hydroxylation is 1. The van der Waals surface area contributed by atoms with E-state index in [-0.39, 0.29) is 18.1 Å². The van der Waals surface area contributed by atoms with E-state index in [1.54, 1.807) is 13.2 Å². The van der Waals surface area contributed by atoms with Crippen molar-refractivity contribution in [2.75, 3.05) is 20.2 Å².